The first-order valence-corrected chi connectivity index (χ1v) is 10.3. The molecule has 0 radical (unpaired) electrons. The highest BCUT2D eigenvalue weighted by Crippen LogP contribution is 2.24. The highest BCUT2D eigenvalue weighted by atomic mass is 16.5. The SMILES string of the molecule is COc1ccc(-n2ncc3cnc(Nc4ccc(N5CCCCC5)cc4)nc32)cc1. The molecule has 7 heteroatoms. The molecular formula is C23H24N6O. The zero-order valence-electron chi connectivity index (χ0n) is 17.0. The minimum atomic E-state index is 0.545. The molecule has 3 heterocycles. The Morgan fingerprint density at radius 2 is 1.60 bits per heavy atom. The molecule has 0 amide bonds. The van der Waals surface area contributed by atoms with E-state index < -0.39 is 0 Å². The van der Waals surface area contributed by atoms with Crippen molar-refractivity contribution in [2.75, 3.05) is 30.4 Å². The van der Waals surface area contributed by atoms with E-state index in [0.717, 1.165) is 41.2 Å². The van der Waals surface area contributed by atoms with Crippen molar-refractivity contribution >= 4 is 28.4 Å². The van der Waals surface area contributed by atoms with Crippen LogP contribution in [0, 0.1) is 0 Å². The fourth-order valence-corrected chi connectivity index (χ4v) is 3.83. The largest absolute Gasteiger partial charge is 0.497 e. The molecule has 30 heavy (non-hydrogen) atoms. The van der Waals surface area contributed by atoms with Crippen molar-refractivity contribution in [3.05, 3.63) is 60.9 Å². The van der Waals surface area contributed by atoms with Crippen LogP contribution in [0.25, 0.3) is 16.7 Å². The third kappa shape index (κ3) is 3.66. The predicted molar refractivity (Wildman–Crippen MR) is 119 cm³/mol. The van der Waals surface area contributed by atoms with Crippen LogP contribution in [0.4, 0.5) is 17.3 Å². The van der Waals surface area contributed by atoms with Crippen molar-refractivity contribution in [1.82, 2.24) is 19.7 Å². The number of hydrogen-bond donors (Lipinski definition) is 1. The van der Waals surface area contributed by atoms with E-state index in [-0.39, 0.29) is 0 Å². The van der Waals surface area contributed by atoms with E-state index in [4.69, 9.17) is 9.72 Å². The van der Waals surface area contributed by atoms with Crippen LogP contribution < -0.4 is 15.0 Å². The number of ether oxygens (including phenoxy) is 1. The first-order chi connectivity index (χ1) is 14.8. The molecular weight excluding hydrogens is 376 g/mol. The highest BCUT2D eigenvalue weighted by Gasteiger charge is 2.12. The fraction of sp³-hybridized carbons (Fsp3) is 0.261. The lowest BCUT2D eigenvalue weighted by atomic mass is 10.1. The minimum absolute atomic E-state index is 0.545. The first-order valence-electron chi connectivity index (χ1n) is 10.3. The average Bonchev–Trinajstić information content (AvgIpc) is 3.23. The molecule has 2 aromatic carbocycles. The van der Waals surface area contributed by atoms with Crippen LogP contribution in [0.2, 0.25) is 0 Å². The van der Waals surface area contributed by atoms with Crippen LogP contribution in [0.1, 0.15) is 19.3 Å². The molecule has 1 aliphatic rings. The summed E-state index contributed by atoms with van der Waals surface area (Å²) in [5, 5.41) is 8.67. The van der Waals surface area contributed by atoms with Gasteiger partial charge in [0, 0.05) is 30.7 Å². The normalized spacial score (nSPS) is 14.1. The van der Waals surface area contributed by atoms with Gasteiger partial charge < -0.3 is 15.0 Å². The van der Waals surface area contributed by atoms with Crippen LogP contribution in [-0.2, 0) is 0 Å². The molecule has 1 saturated heterocycles. The molecule has 1 N–H and O–H groups in total. The molecule has 7 nitrogen and oxygen atoms in total. The number of fused-ring (bicyclic) bond motifs is 1. The van der Waals surface area contributed by atoms with Crippen molar-refractivity contribution in [3.8, 4) is 11.4 Å². The highest BCUT2D eigenvalue weighted by molar-refractivity contribution is 5.77. The molecule has 0 aliphatic carbocycles. The molecule has 0 bridgehead atoms. The van der Waals surface area contributed by atoms with Crippen LogP contribution in [-0.4, -0.2) is 39.9 Å². The number of methoxy groups -OCH3 is 1. The Morgan fingerprint density at radius 3 is 2.33 bits per heavy atom. The van der Waals surface area contributed by atoms with Gasteiger partial charge in [-0.05, 0) is 67.8 Å². The van der Waals surface area contributed by atoms with Gasteiger partial charge in [0.2, 0.25) is 5.95 Å². The van der Waals surface area contributed by atoms with Gasteiger partial charge in [-0.15, -0.1) is 0 Å². The zero-order valence-corrected chi connectivity index (χ0v) is 17.0. The van der Waals surface area contributed by atoms with Crippen molar-refractivity contribution < 1.29 is 4.74 Å². The number of piperidine rings is 1. The third-order valence-corrected chi connectivity index (χ3v) is 5.47. The lowest BCUT2D eigenvalue weighted by Crippen LogP contribution is -2.29. The van der Waals surface area contributed by atoms with Gasteiger partial charge in [-0.2, -0.15) is 10.1 Å². The van der Waals surface area contributed by atoms with Crippen LogP contribution in [0.5, 0.6) is 5.75 Å². The Bertz CT molecular complexity index is 1130. The fourth-order valence-electron chi connectivity index (χ4n) is 3.83. The van der Waals surface area contributed by atoms with E-state index in [1.165, 1.54) is 24.9 Å². The lowest BCUT2D eigenvalue weighted by Gasteiger charge is -2.28. The van der Waals surface area contributed by atoms with E-state index >= 15 is 0 Å². The molecule has 5 rings (SSSR count). The van der Waals surface area contributed by atoms with Gasteiger partial charge in [0.05, 0.1) is 24.4 Å². The van der Waals surface area contributed by atoms with Gasteiger partial charge in [0.15, 0.2) is 5.65 Å². The first kappa shape index (κ1) is 18.4. The molecule has 4 aromatic rings. The second kappa shape index (κ2) is 8.02. The number of nitrogens with zero attached hydrogens (tertiary/aromatic N) is 5. The number of rotatable bonds is 5. The average molecular weight is 400 g/mol. The third-order valence-electron chi connectivity index (χ3n) is 5.47. The van der Waals surface area contributed by atoms with Gasteiger partial charge in [-0.1, -0.05) is 0 Å². The second-order valence-corrected chi connectivity index (χ2v) is 7.45. The quantitative estimate of drug-likeness (QED) is 0.530. The molecule has 1 aliphatic heterocycles. The summed E-state index contributed by atoms with van der Waals surface area (Å²) >= 11 is 0. The minimum Gasteiger partial charge on any atom is -0.497 e. The number of hydrogen-bond acceptors (Lipinski definition) is 6. The van der Waals surface area contributed by atoms with Crippen molar-refractivity contribution in [2.24, 2.45) is 0 Å². The molecule has 152 valence electrons. The van der Waals surface area contributed by atoms with Gasteiger partial charge in [0.1, 0.15) is 5.75 Å². The maximum atomic E-state index is 5.24. The summed E-state index contributed by atoms with van der Waals surface area (Å²) in [5.41, 5.74) is 3.91. The van der Waals surface area contributed by atoms with Crippen LogP contribution in [0.3, 0.4) is 0 Å². The Morgan fingerprint density at radius 1 is 0.867 bits per heavy atom. The van der Waals surface area contributed by atoms with E-state index in [9.17, 15) is 0 Å². The number of aromatic nitrogens is 4. The predicted octanol–water partition coefficient (Wildman–Crippen LogP) is 4.56. The van der Waals surface area contributed by atoms with Crippen LogP contribution >= 0.6 is 0 Å². The Balaban J connectivity index is 1.38. The van der Waals surface area contributed by atoms with Crippen molar-refractivity contribution in [2.45, 2.75) is 19.3 Å². The Kier molecular flexibility index (Phi) is 4.93. The van der Waals surface area contributed by atoms with Gasteiger partial charge in [-0.25, -0.2) is 9.67 Å². The van der Waals surface area contributed by atoms with E-state index in [0.29, 0.717) is 5.95 Å². The molecule has 0 atom stereocenters. The maximum Gasteiger partial charge on any atom is 0.229 e. The summed E-state index contributed by atoms with van der Waals surface area (Å²) in [5.74, 6) is 1.35. The van der Waals surface area contributed by atoms with E-state index in [1.807, 2.05) is 24.3 Å². The number of anilines is 3. The van der Waals surface area contributed by atoms with E-state index in [2.05, 4.69) is 44.6 Å². The Hall–Kier alpha value is -3.61. The van der Waals surface area contributed by atoms with Crippen molar-refractivity contribution in [1.29, 1.82) is 0 Å². The van der Waals surface area contributed by atoms with E-state index in [1.54, 1.807) is 24.2 Å². The Labute approximate surface area is 175 Å². The van der Waals surface area contributed by atoms with Crippen molar-refractivity contribution in [3.63, 3.8) is 0 Å². The topological polar surface area (TPSA) is 68.1 Å². The van der Waals surface area contributed by atoms with Gasteiger partial charge in [0.25, 0.3) is 0 Å². The summed E-state index contributed by atoms with van der Waals surface area (Å²) in [6.07, 6.45) is 7.45. The lowest BCUT2D eigenvalue weighted by molar-refractivity contribution is 0.414. The smallest absolute Gasteiger partial charge is 0.229 e. The second-order valence-electron chi connectivity index (χ2n) is 7.45. The summed E-state index contributed by atoms with van der Waals surface area (Å²) < 4.78 is 7.04. The summed E-state index contributed by atoms with van der Waals surface area (Å²) in [4.78, 5) is 11.6. The standard InChI is InChI=1S/C23H24N6O/c1-30-21-11-9-20(10-12-21)29-22-17(16-25-29)15-24-23(27-22)26-18-5-7-19(8-6-18)28-13-3-2-4-14-28/h5-12,15-16H,2-4,13-14H2,1H3,(H,24,26,27). The van der Waals surface area contributed by atoms with Crippen LogP contribution in [0.15, 0.2) is 60.9 Å². The number of nitrogens with one attached hydrogen (secondary N) is 1. The molecule has 1 fully saturated rings. The summed E-state index contributed by atoms with van der Waals surface area (Å²) in [7, 11) is 1.66. The van der Waals surface area contributed by atoms with Gasteiger partial charge >= 0.3 is 0 Å². The molecule has 2 aromatic heterocycles. The summed E-state index contributed by atoms with van der Waals surface area (Å²) in [6, 6.07) is 16.2. The monoisotopic (exact) mass is 400 g/mol. The summed E-state index contributed by atoms with van der Waals surface area (Å²) in [6.45, 7) is 2.28. The van der Waals surface area contributed by atoms with Gasteiger partial charge in [-0.3, -0.25) is 0 Å². The number of benzene rings is 2. The molecule has 0 spiro atoms. The zero-order chi connectivity index (χ0) is 20.3. The molecule has 0 unspecified atom stereocenters. The molecule has 0 saturated carbocycles. The maximum absolute atomic E-state index is 5.24.